The van der Waals surface area contributed by atoms with Crippen molar-refractivity contribution < 1.29 is 19.2 Å². The topological polar surface area (TPSA) is 102 Å². The first-order valence-corrected chi connectivity index (χ1v) is 8.35. The summed E-state index contributed by atoms with van der Waals surface area (Å²) in [6.45, 7) is 2.32. The minimum Gasteiger partial charge on any atom is -0.487 e. The molecule has 0 heterocycles. The standard InChI is InChI=1S/C19H21N3O5/c1-4-27-17-10-9-15(11-16(17)22(25)26)19(24)21(3)12-13-5-7-14(8-6-13)18(23)20-2/h5-11H,4,12H2,1-3H3,(H,20,23). The molecule has 0 aromatic heterocycles. The molecule has 2 aromatic carbocycles. The maximum atomic E-state index is 12.6. The Labute approximate surface area is 156 Å². The summed E-state index contributed by atoms with van der Waals surface area (Å²) < 4.78 is 5.23. The van der Waals surface area contributed by atoms with Gasteiger partial charge in [0.15, 0.2) is 5.75 Å². The highest BCUT2D eigenvalue weighted by atomic mass is 16.6. The highest BCUT2D eigenvalue weighted by Gasteiger charge is 2.20. The first-order valence-electron chi connectivity index (χ1n) is 8.35. The molecule has 2 aromatic rings. The quantitative estimate of drug-likeness (QED) is 0.595. The highest BCUT2D eigenvalue weighted by molar-refractivity contribution is 5.95. The van der Waals surface area contributed by atoms with Crippen LogP contribution in [0.1, 0.15) is 33.2 Å². The van der Waals surface area contributed by atoms with E-state index in [1.807, 2.05) is 0 Å². The van der Waals surface area contributed by atoms with Crippen LogP contribution in [0.3, 0.4) is 0 Å². The molecule has 0 atom stereocenters. The number of carbonyl (C=O) groups excluding carboxylic acids is 2. The fourth-order valence-corrected chi connectivity index (χ4v) is 2.54. The summed E-state index contributed by atoms with van der Waals surface area (Å²) in [5.74, 6) is -0.407. The van der Waals surface area contributed by atoms with Crippen molar-refractivity contribution in [1.82, 2.24) is 10.2 Å². The van der Waals surface area contributed by atoms with E-state index in [1.165, 1.54) is 23.1 Å². The van der Waals surface area contributed by atoms with Crippen LogP contribution in [0.25, 0.3) is 0 Å². The number of amides is 2. The van der Waals surface area contributed by atoms with E-state index in [1.54, 1.807) is 45.3 Å². The third kappa shape index (κ3) is 4.81. The van der Waals surface area contributed by atoms with Crippen LogP contribution in [0.15, 0.2) is 42.5 Å². The Morgan fingerprint density at radius 1 is 1.15 bits per heavy atom. The van der Waals surface area contributed by atoms with Crippen LogP contribution in [0.2, 0.25) is 0 Å². The van der Waals surface area contributed by atoms with Crippen LogP contribution in [0, 0.1) is 10.1 Å². The molecule has 0 aliphatic rings. The van der Waals surface area contributed by atoms with Gasteiger partial charge in [-0.25, -0.2) is 0 Å². The number of benzene rings is 2. The number of rotatable bonds is 7. The van der Waals surface area contributed by atoms with Gasteiger partial charge < -0.3 is 15.0 Å². The third-order valence-electron chi connectivity index (χ3n) is 3.91. The number of ether oxygens (including phenoxy) is 1. The van der Waals surface area contributed by atoms with E-state index in [0.29, 0.717) is 18.7 Å². The fraction of sp³-hybridized carbons (Fsp3) is 0.263. The average Bonchev–Trinajstić information content (AvgIpc) is 2.67. The Morgan fingerprint density at radius 2 is 1.78 bits per heavy atom. The molecule has 0 unspecified atom stereocenters. The number of nitro benzene ring substituents is 1. The number of hydrogen-bond donors (Lipinski definition) is 1. The molecule has 0 spiro atoms. The molecular weight excluding hydrogens is 350 g/mol. The first-order chi connectivity index (χ1) is 12.9. The Bertz CT molecular complexity index is 849. The molecule has 0 saturated carbocycles. The zero-order chi connectivity index (χ0) is 20.0. The van der Waals surface area contributed by atoms with Crippen LogP contribution >= 0.6 is 0 Å². The summed E-state index contributed by atoms with van der Waals surface area (Å²) in [5, 5.41) is 13.8. The van der Waals surface area contributed by atoms with Gasteiger partial charge in [-0.2, -0.15) is 0 Å². The molecule has 8 heteroatoms. The molecule has 2 amide bonds. The molecule has 27 heavy (non-hydrogen) atoms. The monoisotopic (exact) mass is 371 g/mol. The van der Waals surface area contributed by atoms with Crippen molar-refractivity contribution in [2.75, 3.05) is 20.7 Å². The predicted octanol–water partition coefficient (Wildman–Crippen LogP) is 2.63. The fourth-order valence-electron chi connectivity index (χ4n) is 2.54. The zero-order valence-electron chi connectivity index (χ0n) is 15.4. The molecule has 1 N–H and O–H groups in total. The Hall–Kier alpha value is -3.42. The van der Waals surface area contributed by atoms with Crippen molar-refractivity contribution >= 4 is 17.5 Å². The molecular formula is C19H21N3O5. The van der Waals surface area contributed by atoms with E-state index in [9.17, 15) is 19.7 Å². The normalized spacial score (nSPS) is 10.2. The van der Waals surface area contributed by atoms with E-state index < -0.39 is 4.92 Å². The molecule has 0 bridgehead atoms. The second-order valence-electron chi connectivity index (χ2n) is 5.81. The Morgan fingerprint density at radius 3 is 2.33 bits per heavy atom. The highest BCUT2D eigenvalue weighted by Crippen LogP contribution is 2.28. The van der Waals surface area contributed by atoms with Gasteiger partial charge in [0.25, 0.3) is 11.8 Å². The molecule has 0 fully saturated rings. The Balaban J connectivity index is 2.16. The maximum absolute atomic E-state index is 12.6. The van der Waals surface area contributed by atoms with Crippen LogP contribution in [-0.4, -0.2) is 42.3 Å². The summed E-state index contributed by atoms with van der Waals surface area (Å²) in [6.07, 6.45) is 0. The predicted molar refractivity (Wildman–Crippen MR) is 99.9 cm³/mol. The maximum Gasteiger partial charge on any atom is 0.311 e. The lowest BCUT2D eigenvalue weighted by atomic mass is 10.1. The van der Waals surface area contributed by atoms with Gasteiger partial charge >= 0.3 is 5.69 Å². The minimum absolute atomic E-state index is 0.131. The van der Waals surface area contributed by atoms with E-state index in [4.69, 9.17) is 4.74 Å². The summed E-state index contributed by atoms with van der Waals surface area (Å²) >= 11 is 0. The SMILES string of the molecule is CCOc1ccc(C(=O)N(C)Cc2ccc(C(=O)NC)cc2)cc1[N+](=O)[O-]. The van der Waals surface area contributed by atoms with Gasteiger partial charge in [0.05, 0.1) is 11.5 Å². The summed E-state index contributed by atoms with van der Waals surface area (Å²) in [6, 6.07) is 11.0. The Kier molecular flexibility index (Phi) is 6.48. The zero-order valence-corrected chi connectivity index (χ0v) is 15.4. The summed E-state index contributed by atoms with van der Waals surface area (Å²) in [5.41, 5.74) is 1.32. The van der Waals surface area contributed by atoms with E-state index in [2.05, 4.69) is 5.32 Å². The van der Waals surface area contributed by atoms with Gasteiger partial charge in [0.1, 0.15) is 0 Å². The van der Waals surface area contributed by atoms with Crippen LogP contribution in [-0.2, 0) is 6.54 Å². The lowest BCUT2D eigenvalue weighted by Gasteiger charge is -2.18. The van der Waals surface area contributed by atoms with E-state index in [-0.39, 0.29) is 28.8 Å². The summed E-state index contributed by atoms with van der Waals surface area (Å²) in [7, 11) is 3.16. The second kappa shape index (κ2) is 8.79. The second-order valence-corrected chi connectivity index (χ2v) is 5.81. The van der Waals surface area contributed by atoms with Gasteiger partial charge in [-0.1, -0.05) is 12.1 Å². The van der Waals surface area contributed by atoms with Crippen molar-refractivity contribution in [3.05, 3.63) is 69.3 Å². The number of carbonyl (C=O) groups is 2. The van der Waals surface area contributed by atoms with Crippen LogP contribution in [0.5, 0.6) is 5.75 Å². The van der Waals surface area contributed by atoms with Gasteiger partial charge in [-0.3, -0.25) is 19.7 Å². The third-order valence-corrected chi connectivity index (χ3v) is 3.91. The van der Waals surface area contributed by atoms with Crippen molar-refractivity contribution in [1.29, 1.82) is 0 Å². The van der Waals surface area contributed by atoms with Gasteiger partial charge in [0, 0.05) is 37.8 Å². The van der Waals surface area contributed by atoms with Crippen molar-refractivity contribution in [2.24, 2.45) is 0 Å². The van der Waals surface area contributed by atoms with Crippen molar-refractivity contribution in [2.45, 2.75) is 13.5 Å². The lowest BCUT2D eigenvalue weighted by Crippen LogP contribution is -2.26. The van der Waals surface area contributed by atoms with E-state index >= 15 is 0 Å². The molecule has 2 rings (SSSR count). The van der Waals surface area contributed by atoms with Gasteiger partial charge in [-0.05, 0) is 36.8 Å². The molecule has 8 nitrogen and oxygen atoms in total. The molecule has 0 radical (unpaired) electrons. The van der Waals surface area contributed by atoms with E-state index in [0.717, 1.165) is 5.56 Å². The van der Waals surface area contributed by atoms with Crippen molar-refractivity contribution in [3.8, 4) is 5.75 Å². The number of nitro groups is 1. The minimum atomic E-state index is -0.570. The first kappa shape index (κ1) is 19.9. The van der Waals surface area contributed by atoms with Crippen LogP contribution < -0.4 is 10.1 Å². The molecule has 0 aliphatic heterocycles. The summed E-state index contributed by atoms with van der Waals surface area (Å²) in [4.78, 5) is 36.3. The molecule has 0 aliphatic carbocycles. The smallest absolute Gasteiger partial charge is 0.311 e. The van der Waals surface area contributed by atoms with Gasteiger partial charge in [-0.15, -0.1) is 0 Å². The largest absolute Gasteiger partial charge is 0.487 e. The van der Waals surface area contributed by atoms with Crippen molar-refractivity contribution in [3.63, 3.8) is 0 Å². The van der Waals surface area contributed by atoms with Gasteiger partial charge in [0.2, 0.25) is 0 Å². The average molecular weight is 371 g/mol. The molecule has 0 saturated heterocycles. The number of nitrogens with zero attached hydrogens (tertiary/aromatic N) is 2. The molecule has 142 valence electrons. The number of nitrogens with one attached hydrogen (secondary N) is 1. The lowest BCUT2D eigenvalue weighted by molar-refractivity contribution is -0.385. The number of hydrogen-bond acceptors (Lipinski definition) is 5. The van der Waals surface area contributed by atoms with Crippen LogP contribution in [0.4, 0.5) is 5.69 Å².